The molecule has 0 aliphatic carbocycles. The lowest BCUT2D eigenvalue weighted by Crippen LogP contribution is -2.36. The molecule has 1 aliphatic heterocycles. The lowest BCUT2D eigenvalue weighted by atomic mass is 9.85. The van der Waals surface area contributed by atoms with Crippen molar-refractivity contribution in [1.29, 1.82) is 0 Å². The van der Waals surface area contributed by atoms with Gasteiger partial charge in [0.2, 0.25) is 0 Å². The number of rotatable bonds is 14. The number of hydrogen-bond acceptors (Lipinski definition) is 3. The summed E-state index contributed by atoms with van der Waals surface area (Å²) in [5.41, 5.74) is 2.66. The number of carbonyl (C=O) groups excluding carboxylic acids is 1. The van der Waals surface area contributed by atoms with Crippen molar-refractivity contribution in [3.05, 3.63) is 51.7 Å². The molecule has 2 aromatic carbocycles. The average Bonchev–Trinajstić information content (AvgIpc) is 2.86. The van der Waals surface area contributed by atoms with E-state index in [2.05, 4.69) is 115 Å². The summed E-state index contributed by atoms with van der Waals surface area (Å²) in [4.78, 5) is 13.0. The van der Waals surface area contributed by atoms with Crippen LogP contribution in [0, 0.1) is 35.4 Å². The highest BCUT2D eigenvalue weighted by molar-refractivity contribution is 14.1. The highest BCUT2D eigenvalue weighted by atomic mass is 127. The van der Waals surface area contributed by atoms with Crippen LogP contribution in [0.3, 0.4) is 0 Å². The van der Waals surface area contributed by atoms with E-state index in [1.54, 1.807) is 0 Å². The first-order valence-corrected chi connectivity index (χ1v) is 18.3. The molecule has 1 aliphatic rings. The van der Waals surface area contributed by atoms with Crippen molar-refractivity contribution in [3.8, 4) is 11.5 Å². The van der Waals surface area contributed by atoms with E-state index < -0.39 is 0 Å². The van der Waals surface area contributed by atoms with Crippen LogP contribution < -0.4 is 9.47 Å². The van der Waals surface area contributed by atoms with Gasteiger partial charge in [-0.3, -0.25) is 0 Å². The predicted molar refractivity (Wildman–Crippen MR) is 193 cm³/mol. The van der Waals surface area contributed by atoms with Crippen molar-refractivity contribution in [2.24, 2.45) is 17.8 Å². The Morgan fingerprint density at radius 3 is 2.20 bits per heavy atom. The van der Waals surface area contributed by atoms with Gasteiger partial charge in [0, 0.05) is 10.7 Å². The Kier molecular flexibility index (Phi) is 13.8. The number of aryl methyl sites for hydroxylation is 2. The van der Waals surface area contributed by atoms with Gasteiger partial charge in [-0.2, -0.15) is 0 Å². The zero-order chi connectivity index (χ0) is 29.4. The van der Waals surface area contributed by atoms with Crippen molar-refractivity contribution in [2.75, 3.05) is 0 Å². The topological polar surface area (TPSA) is 35.5 Å². The maximum absolute atomic E-state index is 13.0. The fourth-order valence-corrected chi connectivity index (χ4v) is 8.12. The number of carbonyl (C=O) groups is 1. The monoisotopic (exact) mass is 884 g/mol. The van der Waals surface area contributed by atoms with E-state index >= 15 is 0 Å². The number of halogens is 3. The van der Waals surface area contributed by atoms with Crippen LogP contribution >= 0.6 is 67.8 Å². The van der Waals surface area contributed by atoms with Crippen LogP contribution in [0.15, 0.2) is 24.3 Å². The zero-order valence-corrected chi connectivity index (χ0v) is 31.7. The van der Waals surface area contributed by atoms with Crippen LogP contribution in [-0.4, -0.2) is 11.6 Å². The minimum absolute atomic E-state index is 0.131. The smallest absolute Gasteiger partial charge is 0.344 e. The van der Waals surface area contributed by atoms with E-state index in [1.165, 1.54) is 51.4 Å². The first-order valence-electron chi connectivity index (χ1n) is 15.1. The second-order valence-electron chi connectivity index (χ2n) is 12.8. The van der Waals surface area contributed by atoms with Crippen molar-refractivity contribution >= 4 is 73.7 Å². The molecule has 1 heterocycles. The van der Waals surface area contributed by atoms with Crippen molar-refractivity contribution in [3.63, 3.8) is 0 Å². The van der Waals surface area contributed by atoms with Gasteiger partial charge in [-0.1, -0.05) is 72.6 Å². The van der Waals surface area contributed by atoms with Crippen molar-refractivity contribution < 1.29 is 14.3 Å². The molecule has 6 heteroatoms. The molecule has 0 N–H and O–H groups in total. The highest BCUT2D eigenvalue weighted by Crippen LogP contribution is 2.41. The molecule has 0 saturated carbocycles. The van der Waals surface area contributed by atoms with Crippen LogP contribution in [0.1, 0.15) is 120 Å². The van der Waals surface area contributed by atoms with E-state index in [9.17, 15) is 4.79 Å². The van der Waals surface area contributed by atoms with Crippen LogP contribution in [0.25, 0.3) is 0 Å². The summed E-state index contributed by atoms with van der Waals surface area (Å²) < 4.78 is 15.5. The van der Waals surface area contributed by atoms with Gasteiger partial charge in [0.25, 0.3) is 0 Å². The Labute approximate surface area is 284 Å². The predicted octanol–water partition coefficient (Wildman–Crippen LogP) is 11.6. The van der Waals surface area contributed by atoms with Gasteiger partial charge in [-0.05, 0) is 160 Å². The van der Waals surface area contributed by atoms with Crippen molar-refractivity contribution in [2.45, 2.75) is 118 Å². The molecule has 0 spiro atoms. The SMILES string of the molecule is Cc1cc(OC(=O)c2cc(I)cc(I)c2I)cc2c1OC(C)(CCCC(C)CCCC(C)CCCC(C)C)CC2. The van der Waals surface area contributed by atoms with E-state index in [0.29, 0.717) is 11.3 Å². The van der Waals surface area contributed by atoms with Gasteiger partial charge >= 0.3 is 5.97 Å². The molecule has 3 atom stereocenters. The van der Waals surface area contributed by atoms with Crippen LogP contribution in [0.2, 0.25) is 0 Å². The molecular formula is C34H47I3O3. The lowest BCUT2D eigenvalue weighted by Gasteiger charge is -2.37. The third-order valence-electron chi connectivity index (χ3n) is 8.29. The minimum Gasteiger partial charge on any atom is -0.487 e. The fourth-order valence-electron chi connectivity index (χ4n) is 5.74. The van der Waals surface area contributed by atoms with Gasteiger partial charge in [0.05, 0.1) is 5.56 Å². The third-order valence-corrected chi connectivity index (χ3v) is 12.0. The maximum Gasteiger partial charge on any atom is 0.344 e. The Morgan fingerprint density at radius 2 is 1.55 bits per heavy atom. The average molecular weight is 884 g/mol. The molecule has 0 saturated heterocycles. The molecule has 222 valence electrons. The summed E-state index contributed by atoms with van der Waals surface area (Å²) in [6, 6.07) is 7.90. The van der Waals surface area contributed by atoms with Gasteiger partial charge < -0.3 is 9.47 Å². The lowest BCUT2D eigenvalue weighted by molar-refractivity contribution is 0.0512. The fraction of sp³-hybridized carbons (Fsp3) is 0.618. The molecule has 2 aromatic rings. The first kappa shape index (κ1) is 34.4. The molecular weight excluding hydrogens is 837 g/mol. The molecule has 3 nitrogen and oxygen atoms in total. The van der Waals surface area contributed by atoms with E-state index in [-0.39, 0.29) is 11.6 Å². The number of esters is 1. The van der Waals surface area contributed by atoms with E-state index in [1.807, 2.05) is 18.2 Å². The third kappa shape index (κ3) is 10.6. The van der Waals surface area contributed by atoms with Crippen LogP contribution in [0.5, 0.6) is 11.5 Å². The van der Waals surface area contributed by atoms with Crippen LogP contribution in [-0.2, 0) is 6.42 Å². The largest absolute Gasteiger partial charge is 0.487 e. The van der Waals surface area contributed by atoms with Gasteiger partial charge in [-0.25, -0.2) is 4.79 Å². The van der Waals surface area contributed by atoms with Gasteiger partial charge in [0.1, 0.15) is 17.1 Å². The Hall–Kier alpha value is -0.100. The maximum atomic E-state index is 13.0. The first-order chi connectivity index (χ1) is 18.9. The summed E-state index contributed by atoms with van der Waals surface area (Å²) in [6.45, 7) is 13.8. The molecule has 0 fully saturated rings. The Morgan fingerprint density at radius 1 is 0.925 bits per heavy atom. The highest BCUT2D eigenvalue weighted by Gasteiger charge is 2.32. The number of benzene rings is 2. The van der Waals surface area contributed by atoms with Crippen molar-refractivity contribution in [1.82, 2.24) is 0 Å². The number of ether oxygens (including phenoxy) is 2. The number of hydrogen-bond donors (Lipinski definition) is 0. The molecule has 0 aromatic heterocycles. The van der Waals surface area contributed by atoms with E-state index in [0.717, 1.165) is 64.6 Å². The van der Waals surface area contributed by atoms with Gasteiger partial charge in [0.15, 0.2) is 0 Å². The summed E-state index contributed by atoms with van der Waals surface area (Å²) >= 11 is 6.73. The van der Waals surface area contributed by atoms with E-state index in [4.69, 9.17) is 9.47 Å². The Bertz CT molecular complexity index is 1150. The normalized spacial score (nSPS) is 18.2. The summed E-state index contributed by atoms with van der Waals surface area (Å²) in [5.74, 6) is 3.74. The second kappa shape index (κ2) is 16.1. The molecule has 0 amide bonds. The van der Waals surface area contributed by atoms with Gasteiger partial charge in [-0.15, -0.1) is 0 Å². The zero-order valence-electron chi connectivity index (χ0n) is 25.2. The molecule has 40 heavy (non-hydrogen) atoms. The summed E-state index contributed by atoms with van der Waals surface area (Å²) in [5, 5.41) is 0. The number of fused-ring (bicyclic) bond motifs is 1. The molecule has 3 unspecified atom stereocenters. The standard InChI is InChI=1S/C34H47I3O3/c1-22(2)10-7-11-23(3)12-8-13-24(4)14-9-16-34(6)17-15-26-19-28(18-25(5)32(26)40-34)39-33(38)29-20-27(35)21-30(36)31(29)37/h18-24H,7-17H2,1-6H3. The second-order valence-corrected chi connectivity index (χ2v) is 16.3. The summed E-state index contributed by atoms with van der Waals surface area (Å²) in [7, 11) is 0. The quantitative estimate of drug-likeness (QED) is 0.0821. The molecule has 0 bridgehead atoms. The molecule has 3 rings (SSSR count). The Balaban J connectivity index is 1.48. The minimum atomic E-state index is -0.309. The van der Waals surface area contributed by atoms with Crippen LogP contribution in [0.4, 0.5) is 0 Å². The molecule has 0 radical (unpaired) electrons. The summed E-state index contributed by atoms with van der Waals surface area (Å²) in [6.07, 6.45) is 13.7.